The maximum atomic E-state index is 12.0. The van der Waals surface area contributed by atoms with Crippen LogP contribution in [0.15, 0.2) is 46.9 Å². The number of aromatic nitrogens is 1. The molecule has 114 valence electrons. The Morgan fingerprint density at radius 2 is 2.04 bits per heavy atom. The lowest BCUT2D eigenvalue weighted by atomic mass is 10.1. The monoisotopic (exact) mass is 305 g/mol. The van der Waals surface area contributed by atoms with Gasteiger partial charge in [-0.15, -0.1) is 0 Å². The van der Waals surface area contributed by atoms with Crippen molar-refractivity contribution in [2.75, 3.05) is 5.32 Å². The second-order valence-electron chi connectivity index (χ2n) is 5.27. The minimum Gasteiger partial charge on any atom is -0.441 e. The summed E-state index contributed by atoms with van der Waals surface area (Å²) in [5, 5.41) is 11.6. The van der Waals surface area contributed by atoms with E-state index in [1.54, 1.807) is 24.3 Å². The number of fused-ring (bicyclic) bond motifs is 1. The molecule has 3 aromatic rings. The van der Waals surface area contributed by atoms with E-state index in [1.807, 2.05) is 31.2 Å². The van der Waals surface area contributed by atoms with Gasteiger partial charge >= 0.3 is 0 Å². The van der Waals surface area contributed by atoms with E-state index in [9.17, 15) is 4.79 Å². The normalized spacial score (nSPS) is 10.4. The summed E-state index contributed by atoms with van der Waals surface area (Å²) >= 11 is 0. The third kappa shape index (κ3) is 3.55. The second-order valence-corrected chi connectivity index (χ2v) is 5.27. The van der Waals surface area contributed by atoms with Crippen molar-refractivity contribution in [3.63, 3.8) is 0 Å². The first-order chi connectivity index (χ1) is 11.1. The molecule has 0 aliphatic heterocycles. The molecule has 0 aliphatic rings. The highest BCUT2D eigenvalue weighted by Crippen LogP contribution is 2.18. The molecule has 0 bridgehead atoms. The van der Waals surface area contributed by atoms with E-state index < -0.39 is 0 Å². The van der Waals surface area contributed by atoms with E-state index in [0.717, 1.165) is 16.7 Å². The molecule has 1 heterocycles. The number of carbonyl (C=O) groups excluding carboxylic acids is 1. The van der Waals surface area contributed by atoms with Gasteiger partial charge in [0, 0.05) is 19.0 Å². The molecule has 23 heavy (non-hydrogen) atoms. The van der Waals surface area contributed by atoms with Crippen LogP contribution in [0.2, 0.25) is 0 Å². The third-order valence-electron chi connectivity index (χ3n) is 3.50. The molecule has 0 fully saturated rings. The number of rotatable bonds is 4. The smallest absolute Gasteiger partial charge is 0.224 e. The number of hydrogen-bond acceptors (Lipinski definition) is 4. The van der Waals surface area contributed by atoms with Gasteiger partial charge in [-0.3, -0.25) is 4.79 Å². The maximum Gasteiger partial charge on any atom is 0.224 e. The average Bonchev–Trinajstić information content (AvgIpc) is 2.93. The Bertz CT molecular complexity index is 889. The molecular formula is C18H15N3O2. The van der Waals surface area contributed by atoms with Gasteiger partial charge in [-0.25, -0.2) is 4.98 Å². The van der Waals surface area contributed by atoms with Crippen LogP contribution in [0, 0.1) is 18.3 Å². The summed E-state index contributed by atoms with van der Waals surface area (Å²) in [5.74, 6) is 0.571. The first kappa shape index (κ1) is 14.8. The number of nitrogens with zero attached hydrogens (tertiary/aromatic N) is 2. The molecular weight excluding hydrogens is 290 g/mol. The number of aryl methyl sites for hydroxylation is 2. The molecule has 0 unspecified atom stereocenters. The Morgan fingerprint density at radius 1 is 1.26 bits per heavy atom. The molecule has 1 N–H and O–H groups in total. The van der Waals surface area contributed by atoms with Crippen LogP contribution in [-0.4, -0.2) is 10.9 Å². The molecule has 0 aliphatic carbocycles. The van der Waals surface area contributed by atoms with E-state index in [0.29, 0.717) is 30.0 Å². The minimum atomic E-state index is -0.0638. The van der Waals surface area contributed by atoms with Crippen LogP contribution in [0.25, 0.3) is 11.1 Å². The molecule has 0 radical (unpaired) electrons. The highest BCUT2D eigenvalue weighted by molar-refractivity contribution is 5.90. The van der Waals surface area contributed by atoms with Gasteiger partial charge in [-0.05, 0) is 48.4 Å². The summed E-state index contributed by atoms with van der Waals surface area (Å²) in [6.07, 6.45) is 1.01. The van der Waals surface area contributed by atoms with Crippen LogP contribution in [0.4, 0.5) is 5.69 Å². The highest BCUT2D eigenvalue weighted by atomic mass is 16.3. The van der Waals surface area contributed by atoms with Crippen molar-refractivity contribution in [2.45, 2.75) is 19.8 Å². The molecule has 0 atom stereocenters. The number of oxazole rings is 1. The van der Waals surface area contributed by atoms with Crippen molar-refractivity contribution in [1.82, 2.24) is 4.98 Å². The first-order valence-electron chi connectivity index (χ1n) is 7.30. The molecule has 5 nitrogen and oxygen atoms in total. The summed E-state index contributed by atoms with van der Waals surface area (Å²) in [6, 6.07) is 14.6. The number of anilines is 1. The fourth-order valence-electron chi connectivity index (χ4n) is 2.35. The number of carbonyl (C=O) groups is 1. The summed E-state index contributed by atoms with van der Waals surface area (Å²) in [5.41, 5.74) is 3.87. The zero-order chi connectivity index (χ0) is 16.2. The van der Waals surface area contributed by atoms with Gasteiger partial charge in [-0.2, -0.15) is 5.26 Å². The molecule has 0 saturated carbocycles. The van der Waals surface area contributed by atoms with Crippen LogP contribution in [-0.2, 0) is 11.2 Å². The Balaban J connectivity index is 1.59. The summed E-state index contributed by atoms with van der Waals surface area (Å²) in [4.78, 5) is 16.3. The Kier molecular flexibility index (Phi) is 4.07. The SMILES string of the molecule is Cc1nc2cc(CCC(=O)Nc3ccc(C#N)cc3)ccc2o1. The van der Waals surface area contributed by atoms with Crippen LogP contribution in [0.3, 0.4) is 0 Å². The quantitative estimate of drug-likeness (QED) is 0.799. The lowest BCUT2D eigenvalue weighted by Gasteiger charge is -2.05. The van der Waals surface area contributed by atoms with E-state index in [-0.39, 0.29) is 5.91 Å². The van der Waals surface area contributed by atoms with Crippen molar-refractivity contribution in [1.29, 1.82) is 5.26 Å². The summed E-state index contributed by atoms with van der Waals surface area (Å²) < 4.78 is 5.43. The van der Waals surface area contributed by atoms with E-state index in [1.165, 1.54) is 0 Å². The van der Waals surface area contributed by atoms with Crippen LogP contribution < -0.4 is 5.32 Å². The van der Waals surface area contributed by atoms with Crippen molar-refractivity contribution in [3.05, 3.63) is 59.5 Å². The average molecular weight is 305 g/mol. The lowest BCUT2D eigenvalue weighted by Crippen LogP contribution is -2.12. The number of hydrogen-bond donors (Lipinski definition) is 1. The van der Waals surface area contributed by atoms with Crippen molar-refractivity contribution < 1.29 is 9.21 Å². The summed E-state index contributed by atoms with van der Waals surface area (Å²) in [6.45, 7) is 1.81. The van der Waals surface area contributed by atoms with Crippen LogP contribution >= 0.6 is 0 Å². The molecule has 0 saturated heterocycles. The Hall–Kier alpha value is -3.13. The van der Waals surface area contributed by atoms with E-state index in [4.69, 9.17) is 9.68 Å². The Labute approximate surface area is 133 Å². The molecule has 5 heteroatoms. The van der Waals surface area contributed by atoms with Crippen LogP contribution in [0.1, 0.15) is 23.4 Å². The fourth-order valence-corrected chi connectivity index (χ4v) is 2.35. The van der Waals surface area contributed by atoms with Gasteiger partial charge in [0.1, 0.15) is 5.52 Å². The predicted molar refractivity (Wildman–Crippen MR) is 86.9 cm³/mol. The van der Waals surface area contributed by atoms with E-state index >= 15 is 0 Å². The first-order valence-corrected chi connectivity index (χ1v) is 7.30. The zero-order valence-corrected chi connectivity index (χ0v) is 12.7. The van der Waals surface area contributed by atoms with Crippen molar-refractivity contribution >= 4 is 22.7 Å². The van der Waals surface area contributed by atoms with Gasteiger partial charge in [0.25, 0.3) is 0 Å². The lowest BCUT2D eigenvalue weighted by molar-refractivity contribution is -0.116. The Morgan fingerprint density at radius 3 is 2.78 bits per heavy atom. The van der Waals surface area contributed by atoms with Gasteiger partial charge < -0.3 is 9.73 Å². The highest BCUT2D eigenvalue weighted by Gasteiger charge is 2.06. The van der Waals surface area contributed by atoms with E-state index in [2.05, 4.69) is 10.3 Å². The van der Waals surface area contributed by atoms with Crippen LogP contribution in [0.5, 0.6) is 0 Å². The summed E-state index contributed by atoms with van der Waals surface area (Å²) in [7, 11) is 0. The minimum absolute atomic E-state index is 0.0638. The molecule has 0 spiro atoms. The molecule has 1 amide bonds. The maximum absolute atomic E-state index is 12.0. The zero-order valence-electron chi connectivity index (χ0n) is 12.7. The fraction of sp³-hybridized carbons (Fsp3) is 0.167. The van der Waals surface area contributed by atoms with Crippen molar-refractivity contribution in [3.8, 4) is 6.07 Å². The molecule has 2 aromatic carbocycles. The number of nitrogens with one attached hydrogen (secondary N) is 1. The number of benzene rings is 2. The number of amides is 1. The molecule has 3 rings (SSSR count). The van der Waals surface area contributed by atoms with Crippen molar-refractivity contribution in [2.24, 2.45) is 0 Å². The number of nitriles is 1. The largest absolute Gasteiger partial charge is 0.441 e. The second kappa shape index (κ2) is 6.32. The van der Waals surface area contributed by atoms with Gasteiger partial charge in [0.2, 0.25) is 5.91 Å². The standard InChI is InChI=1S/C18H15N3O2/c1-12-20-16-10-13(4-8-17(16)23-12)5-9-18(22)21-15-6-2-14(11-19)3-7-15/h2-4,6-8,10H,5,9H2,1H3,(H,21,22). The topological polar surface area (TPSA) is 78.9 Å². The van der Waals surface area contributed by atoms with Gasteiger partial charge in [0.05, 0.1) is 11.6 Å². The van der Waals surface area contributed by atoms with Gasteiger partial charge in [0.15, 0.2) is 11.5 Å². The third-order valence-corrected chi connectivity index (χ3v) is 3.50. The molecule has 1 aromatic heterocycles. The van der Waals surface area contributed by atoms with Gasteiger partial charge in [-0.1, -0.05) is 6.07 Å². The predicted octanol–water partition coefficient (Wildman–Crippen LogP) is 3.58.